The predicted octanol–water partition coefficient (Wildman–Crippen LogP) is 3.95. The van der Waals surface area contributed by atoms with Gasteiger partial charge in [-0.05, 0) is 24.0 Å². The molecule has 3 heteroatoms. The van der Waals surface area contributed by atoms with Crippen LogP contribution in [0.4, 0.5) is 0 Å². The monoisotopic (exact) mass is 353 g/mol. The van der Waals surface area contributed by atoms with Crippen LogP contribution in [0.3, 0.4) is 0 Å². The van der Waals surface area contributed by atoms with Gasteiger partial charge in [0.25, 0.3) is 0 Å². The number of benzene rings is 2. The Labute approximate surface area is 157 Å². The van der Waals surface area contributed by atoms with Gasteiger partial charge in [-0.1, -0.05) is 74.0 Å². The molecule has 0 unspecified atom stereocenters. The zero-order chi connectivity index (χ0) is 18.6. The van der Waals surface area contributed by atoms with Crippen molar-refractivity contribution >= 4 is 0 Å². The first kappa shape index (κ1) is 19.1. The van der Waals surface area contributed by atoms with Gasteiger partial charge in [-0.2, -0.15) is 0 Å². The molecule has 1 aliphatic rings. The third-order valence-electron chi connectivity index (χ3n) is 5.67. The predicted molar refractivity (Wildman–Crippen MR) is 106 cm³/mol. The van der Waals surface area contributed by atoms with Crippen molar-refractivity contribution < 1.29 is 9.84 Å². The molecule has 0 radical (unpaired) electrons. The number of hydrogen-bond acceptors (Lipinski definition) is 3. The van der Waals surface area contributed by atoms with E-state index in [1.165, 1.54) is 11.1 Å². The van der Waals surface area contributed by atoms with E-state index in [2.05, 4.69) is 74.2 Å². The molecule has 3 nitrogen and oxygen atoms in total. The van der Waals surface area contributed by atoms with Crippen molar-refractivity contribution in [2.45, 2.75) is 32.3 Å². The lowest BCUT2D eigenvalue weighted by Gasteiger charge is -2.43. The number of nitrogens with zero attached hydrogens (tertiary/aromatic N) is 1. The lowest BCUT2D eigenvalue weighted by Crippen LogP contribution is -2.47. The van der Waals surface area contributed by atoms with E-state index in [0.29, 0.717) is 0 Å². The summed E-state index contributed by atoms with van der Waals surface area (Å²) in [4.78, 5) is 2.42. The Bertz CT molecular complexity index is 677. The average molecular weight is 354 g/mol. The van der Waals surface area contributed by atoms with E-state index in [4.69, 9.17) is 4.74 Å². The molecule has 0 saturated carbocycles. The molecular weight excluding hydrogens is 322 g/mol. The first-order valence-corrected chi connectivity index (χ1v) is 9.66. The van der Waals surface area contributed by atoms with Crippen molar-refractivity contribution in [3.63, 3.8) is 0 Å². The van der Waals surface area contributed by atoms with Crippen LogP contribution >= 0.6 is 0 Å². The molecule has 140 valence electrons. The molecule has 1 fully saturated rings. The third-order valence-corrected chi connectivity index (χ3v) is 5.67. The van der Waals surface area contributed by atoms with Crippen molar-refractivity contribution in [2.24, 2.45) is 5.92 Å². The van der Waals surface area contributed by atoms with E-state index in [1.807, 2.05) is 6.07 Å². The van der Waals surface area contributed by atoms with E-state index < -0.39 is 5.60 Å². The first-order chi connectivity index (χ1) is 12.5. The number of aliphatic hydroxyl groups is 1. The normalized spacial score (nSPS) is 19.3. The molecule has 0 aliphatic carbocycles. The summed E-state index contributed by atoms with van der Waals surface area (Å²) in [6.07, 6.45) is 0. The van der Waals surface area contributed by atoms with Crippen LogP contribution in [0.2, 0.25) is 0 Å². The SMILES string of the molecule is Cc1ccc([C@@](O)(C(C)C)[C@H](CN2CCOCC2)c2ccccc2)cc1. The van der Waals surface area contributed by atoms with E-state index in [0.717, 1.165) is 38.4 Å². The smallest absolute Gasteiger partial charge is 0.0999 e. The molecule has 2 atom stereocenters. The van der Waals surface area contributed by atoms with Crippen LogP contribution in [-0.2, 0) is 10.3 Å². The lowest BCUT2D eigenvalue weighted by atomic mass is 9.70. The third kappa shape index (κ3) is 4.01. The molecule has 0 aromatic heterocycles. The molecule has 1 N–H and O–H groups in total. The Hall–Kier alpha value is -1.68. The minimum absolute atomic E-state index is 0.00417. The number of aryl methyl sites for hydroxylation is 1. The summed E-state index contributed by atoms with van der Waals surface area (Å²) in [5.41, 5.74) is 2.48. The van der Waals surface area contributed by atoms with Gasteiger partial charge in [0.1, 0.15) is 0 Å². The van der Waals surface area contributed by atoms with Crippen molar-refractivity contribution in [3.05, 3.63) is 71.3 Å². The topological polar surface area (TPSA) is 32.7 Å². The average Bonchev–Trinajstić information content (AvgIpc) is 2.67. The van der Waals surface area contributed by atoms with Crippen LogP contribution in [-0.4, -0.2) is 42.9 Å². The number of hydrogen-bond donors (Lipinski definition) is 1. The lowest BCUT2D eigenvalue weighted by molar-refractivity contribution is -0.0547. The summed E-state index contributed by atoms with van der Waals surface area (Å²) in [5.74, 6) is 0.0981. The highest BCUT2D eigenvalue weighted by Crippen LogP contribution is 2.43. The van der Waals surface area contributed by atoms with Crippen LogP contribution in [0, 0.1) is 12.8 Å². The van der Waals surface area contributed by atoms with Gasteiger partial charge < -0.3 is 9.84 Å². The largest absolute Gasteiger partial charge is 0.384 e. The van der Waals surface area contributed by atoms with E-state index in [-0.39, 0.29) is 11.8 Å². The van der Waals surface area contributed by atoms with E-state index in [1.54, 1.807) is 0 Å². The molecule has 0 spiro atoms. The maximum absolute atomic E-state index is 12.0. The summed E-state index contributed by atoms with van der Waals surface area (Å²) in [7, 11) is 0. The van der Waals surface area contributed by atoms with Gasteiger partial charge in [0.05, 0.1) is 18.8 Å². The fourth-order valence-corrected chi connectivity index (χ4v) is 3.98. The fourth-order valence-electron chi connectivity index (χ4n) is 3.98. The number of morpholine rings is 1. The molecule has 26 heavy (non-hydrogen) atoms. The van der Waals surface area contributed by atoms with Crippen LogP contribution in [0.15, 0.2) is 54.6 Å². The maximum Gasteiger partial charge on any atom is 0.0999 e. The fraction of sp³-hybridized carbons (Fsp3) is 0.478. The van der Waals surface area contributed by atoms with Gasteiger partial charge in [-0.25, -0.2) is 0 Å². The minimum Gasteiger partial charge on any atom is -0.384 e. The zero-order valence-electron chi connectivity index (χ0n) is 16.2. The van der Waals surface area contributed by atoms with Crippen molar-refractivity contribution in [1.82, 2.24) is 4.90 Å². The second-order valence-electron chi connectivity index (χ2n) is 7.72. The Kier molecular flexibility index (Phi) is 6.13. The van der Waals surface area contributed by atoms with Gasteiger partial charge in [0, 0.05) is 25.6 Å². The Morgan fingerprint density at radius 2 is 1.62 bits per heavy atom. The molecule has 2 aromatic carbocycles. The summed E-state index contributed by atoms with van der Waals surface area (Å²) in [6.45, 7) is 10.5. The van der Waals surface area contributed by atoms with Crippen molar-refractivity contribution in [1.29, 1.82) is 0 Å². The van der Waals surface area contributed by atoms with Crippen LogP contribution in [0.25, 0.3) is 0 Å². The zero-order valence-corrected chi connectivity index (χ0v) is 16.2. The molecule has 1 heterocycles. The highest BCUT2D eigenvalue weighted by Gasteiger charge is 2.43. The van der Waals surface area contributed by atoms with Gasteiger partial charge in [0.15, 0.2) is 0 Å². The standard InChI is InChI=1S/C23H31NO2/c1-18(2)23(25,21-11-9-19(3)10-12-21)22(20-7-5-4-6-8-20)17-24-13-15-26-16-14-24/h4-12,18,22,25H,13-17H2,1-3H3/t22-,23+/m1/s1. The highest BCUT2D eigenvalue weighted by atomic mass is 16.5. The summed E-state index contributed by atoms with van der Waals surface area (Å²) in [6, 6.07) is 18.8. The minimum atomic E-state index is -0.923. The van der Waals surface area contributed by atoms with Crippen LogP contribution in [0.1, 0.15) is 36.5 Å². The van der Waals surface area contributed by atoms with Crippen LogP contribution in [0.5, 0.6) is 0 Å². The second kappa shape index (κ2) is 8.34. The van der Waals surface area contributed by atoms with E-state index >= 15 is 0 Å². The quantitative estimate of drug-likeness (QED) is 0.853. The number of rotatable bonds is 6. The molecule has 0 bridgehead atoms. The van der Waals surface area contributed by atoms with Gasteiger partial charge >= 0.3 is 0 Å². The maximum atomic E-state index is 12.0. The molecule has 2 aromatic rings. The molecule has 1 aliphatic heterocycles. The van der Waals surface area contributed by atoms with Crippen LogP contribution < -0.4 is 0 Å². The van der Waals surface area contributed by atoms with Crippen molar-refractivity contribution in [2.75, 3.05) is 32.8 Å². The summed E-state index contributed by atoms with van der Waals surface area (Å²) < 4.78 is 5.51. The Morgan fingerprint density at radius 1 is 1.00 bits per heavy atom. The summed E-state index contributed by atoms with van der Waals surface area (Å²) in [5, 5.41) is 12.0. The number of ether oxygens (including phenoxy) is 1. The van der Waals surface area contributed by atoms with Crippen molar-refractivity contribution in [3.8, 4) is 0 Å². The van der Waals surface area contributed by atoms with Gasteiger partial charge in [-0.15, -0.1) is 0 Å². The van der Waals surface area contributed by atoms with Gasteiger partial charge in [-0.3, -0.25) is 4.90 Å². The Balaban J connectivity index is 2.02. The molecular formula is C23H31NO2. The molecule has 0 amide bonds. The van der Waals surface area contributed by atoms with Gasteiger partial charge in [0.2, 0.25) is 0 Å². The molecule has 3 rings (SSSR count). The Morgan fingerprint density at radius 3 is 2.19 bits per heavy atom. The van der Waals surface area contributed by atoms with E-state index in [9.17, 15) is 5.11 Å². The second-order valence-corrected chi connectivity index (χ2v) is 7.72. The molecule has 1 saturated heterocycles. The highest BCUT2D eigenvalue weighted by molar-refractivity contribution is 5.34. The summed E-state index contributed by atoms with van der Waals surface area (Å²) >= 11 is 0. The first-order valence-electron chi connectivity index (χ1n) is 9.66.